The highest BCUT2D eigenvalue weighted by Gasteiger charge is 2.40. The number of carbonyl (C=O) groups excluding carboxylic acids is 1. The Morgan fingerprint density at radius 1 is 1.62 bits per heavy atom. The standard InChI is InChI=1S/C10H12ClN3OS/c11-8-4-13-10(16-8)9(15)14-7-2-6-1-5(7)3-12-6/h4-7,12H,1-3H2,(H,14,15)/t5-,6+,7+/m0/s1. The average molecular weight is 258 g/mol. The van der Waals surface area contributed by atoms with Gasteiger partial charge in [-0.1, -0.05) is 22.9 Å². The molecule has 2 heterocycles. The SMILES string of the molecule is O=C(N[C@@H]1C[C@H]2C[C@H]1CN2)c1ncc(Cl)s1. The molecule has 6 heteroatoms. The lowest BCUT2D eigenvalue weighted by Crippen LogP contribution is -2.44. The van der Waals surface area contributed by atoms with E-state index in [2.05, 4.69) is 15.6 Å². The van der Waals surface area contributed by atoms with Gasteiger partial charge < -0.3 is 10.6 Å². The zero-order chi connectivity index (χ0) is 11.1. The number of hydrogen-bond acceptors (Lipinski definition) is 4. The number of piperidine rings is 1. The van der Waals surface area contributed by atoms with Gasteiger partial charge in [0.1, 0.15) is 4.34 Å². The third-order valence-electron chi connectivity index (χ3n) is 3.35. The van der Waals surface area contributed by atoms with Crippen LogP contribution in [0.2, 0.25) is 4.34 Å². The molecule has 1 saturated heterocycles. The van der Waals surface area contributed by atoms with Crippen LogP contribution in [0, 0.1) is 5.92 Å². The number of amides is 1. The first-order valence-electron chi connectivity index (χ1n) is 5.38. The van der Waals surface area contributed by atoms with Crippen LogP contribution in [-0.4, -0.2) is 29.5 Å². The fourth-order valence-electron chi connectivity index (χ4n) is 2.60. The highest BCUT2D eigenvalue weighted by molar-refractivity contribution is 7.17. The normalized spacial score (nSPS) is 31.9. The molecular formula is C10H12ClN3OS. The number of aromatic nitrogens is 1. The fourth-order valence-corrected chi connectivity index (χ4v) is 3.42. The van der Waals surface area contributed by atoms with E-state index in [-0.39, 0.29) is 5.91 Å². The molecule has 2 N–H and O–H groups in total. The van der Waals surface area contributed by atoms with Crippen LogP contribution in [-0.2, 0) is 0 Å². The average Bonchev–Trinajstić information content (AvgIpc) is 2.92. The van der Waals surface area contributed by atoms with E-state index in [9.17, 15) is 4.79 Å². The van der Waals surface area contributed by atoms with Crippen molar-refractivity contribution < 1.29 is 4.79 Å². The van der Waals surface area contributed by atoms with E-state index in [0.717, 1.165) is 13.0 Å². The molecule has 2 aliphatic rings. The maximum absolute atomic E-state index is 11.8. The van der Waals surface area contributed by atoms with E-state index in [1.807, 2.05) is 0 Å². The van der Waals surface area contributed by atoms with Crippen molar-refractivity contribution in [2.45, 2.75) is 24.9 Å². The number of rotatable bonds is 2. The Balaban J connectivity index is 1.65. The summed E-state index contributed by atoms with van der Waals surface area (Å²) in [6.45, 7) is 1.02. The van der Waals surface area contributed by atoms with Crippen molar-refractivity contribution in [3.8, 4) is 0 Å². The minimum atomic E-state index is -0.0885. The minimum Gasteiger partial charge on any atom is -0.347 e. The molecule has 1 amide bonds. The zero-order valence-electron chi connectivity index (χ0n) is 8.57. The summed E-state index contributed by atoms with van der Waals surface area (Å²) in [6.07, 6.45) is 3.74. The molecule has 1 aromatic heterocycles. The Hall–Kier alpha value is -0.650. The van der Waals surface area contributed by atoms with Gasteiger partial charge in [-0.15, -0.1) is 0 Å². The number of fused-ring (bicyclic) bond motifs is 2. The molecule has 2 bridgehead atoms. The summed E-state index contributed by atoms with van der Waals surface area (Å²) in [6, 6.07) is 0.900. The molecule has 1 aliphatic heterocycles. The summed E-state index contributed by atoms with van der Waals surface area (Å²) < 4.78 is 0.555. The van der Waals surface area contributed by atoms with Crippen molar-refractivity contribution in [3.05, 3.63) is 15.5 Å². The van der Waals surface area contributed by atoms with E-state index in [4.69, 9.17) is 11.6 Å². The van der Waals surface area contributed by atoms with E-state index < -0.39 is 0 Å². The molecule has 4 nitrogen and oxygen atoms in total. The maximum atomic E-state index is 11.8. The molecule has 86 valence electrons. The molecule has 1 saturated carbocycles. The quantitative estimate of drug-likeness (QED) is 0.839. The second-order valence-electron chi connectivity index (χ2n) is 4.39. The zero-order valence-corrected chi connectivity index (χ0v) is 10.1. The van der Waals surface area contributed by atoms with Crippen LogP contribution in [0.25, 0.3) is 0 Å². The largest absolute Gasteiger partial charge is 0.347 e. The molecule has 0 unspecified atom stereocenters. The molecule has 3 rings (SSSR count). The predicted octanol–water partition coefficient (Wildman–Crippen LogP) is 1.28. The predicted molar refractivity (Wildman–Crippen MR) is 62.9 cm³/mol. The lowest BCUT2D eigenvalue weighted by Gasteiger charge is -2.22. The highest BCUT2D eigenvalue weighted by atomic mass is 35.5. The van der Waals surface area contributed by atoms with Crippen LogP contribution in [0.4, 0.5) is 0 Å². The van der Waals surface area contributed by atoms with Crippen molar-refractivity contribution in [3.63, 3.8) is 0 Å². The molecule has 16 heavy (non-hydrogen) atoms. The van der Waals surface area contributed by atoms with Crippen LogP contribution in [0.15, 0.2) is 6.20 Å². The maximum Gasteiger partial charge on any atom is 0.280 e. The van der Waals surface area contributed by atoms with Crippen molar-refractivity contribution in [1.29, 1.82) is 0 Å². The minimum absolute atomic E-state index is 0.0885. The Kier molecular flexibility index (Phi) is 2.61. The summed E-state index contributed by atoms with van der Waals surface area (Å²) >= 11 is 6.98. The van der Waals surface area contributed by atoms with Gasteiger partial charge in [-0.2, -0.15) is 0 Å². The first-order valence-corrected chi connectivity index (χ1v) is 6.57. The van der Waals surface area contributed by atoms with Crippen molar-refractivity contribution in [2.75, 3.05) is 6.54 Å². The lowest BCUT2D eigenvalue weighted by atomic mass is 10.0. The van der Waals surface area contributed by atoms with Gasteiger partial charge in [-0.25, -0.2) is 4.98 Å². The van der Waals surface area contributed by atoms with Gasteiger partial charge >= 0.3 is 0 Å². The smallest absolute Gasteiger partial charge is 0.280 e. The monoisotopic (exact) mass is 257 g/mol. The summed E-state index contributed by atoms with van der Waals surface area (Å²) in [5, 5.41) is 6.93. The molecule has 2 fully saturated rings. The molecule has 0 aromatic carbocycles. The molecule has 1 aromatic rings. The van der Waals surface area contributed by atoms with Crippen molar-refractivity contribution in [1.82, 2.24) is 15.6 Å². The second kappa shape index (κ2) is 3.98. The van der Waals surface area contributed by atoms with Crippen molar-refractivity contribution >= 4 is 28.8 Å². The Bertz CT molecular complexity index is 422. The highest BCUT2D eigenvalue weighted by Crippen LogP contribution is 2.31. The molecule has 0 spiro atoms. The number of nitrogens with one attached hydrogen (secondary N) is 2. The van der Waals surface area contributed by atoms with Gasteiger partial charge in [-0.05, 0) is 18.8 Å². The van der Waals surface area contributed by atoms with Gasteiger partial charge in [-0.3, -0.25) is 4.79 Å². The van der Waals surface area contributed by atoms with Gasteiger partial charge in [0.25, 0.3) is 5.91 Å². The summed E-state index contributed by atoms with van der Waals surface area (Å²) in [4.78, 5) is 15.8. The number of hydrogen-bond donors (Lipinski definition) is 2. The topological polar surface area (TPSA) is 54.0 Å². The Morgan fingerprint density at radius 3 is 3.06 bits per heavy atom. The van der Waals surface area contributed by atoms with E-state index in [1.54, 1.807) is 0 Å². The van der Waals surface area contributed by atoms with Crippen LogP contribution >= 0.6 is 22.9 Å². The number of thiazole rings is 1. The molecule has 0 radical (unpaired) electrons. The first kappa shape index (κ1) is 10.5. The number of carbonyl (C=O) groups is 1. The molecular weight excluding hydrogens is 246 g/mol. The van der Waals surface area contributed by atoms with Crippen molar-refractivity contribution in [2.24, 2.45) is 5.92 Å². The summed E-state index contributed by atoms with van der Waals surface area (Å²) in [5.74, 6) is 0.499. The van der Waals surface area contributed by atoms with Gasteiger partial charge in [0.2, 0.25) is 0 Å². The third-order valence-corrected chi connectivity index (χ3v) is 4.47. The van der Waals surface area contributed by atoms with E-state index >= 15 is 0 Å². The van der Waals surface area contributed by atoms with Gasteiger partial charge in [0.15, 0.2) is 5.01 Å². The van der Waals surface area contributed by atoms with E-state index in [0.29, 0.717) is 27.3 Å². The van der Waals surface area contributed by atoms with Crippen LogP contribution in [0.5, 0.6) is 0 Å². The molecule has 1 aliphatic carbocycles. The Labute approximate surface area is 102 Å². The second-order valence-corrected chi connectivity index (χ2v) is 6.05. The van der Waals surface area contributed by atoms with Gasteiger partial charge in [0, 0.05) is 18.6 Å². The van der Waals surface area contributed by atoms with Gasteiger partial charge in [0.05, 0.1) is 6.20 Å². The lowest BCUT2D eigenvalue weighted by molar-refractivity contribution is 0.0924. The number of nitrogens with zero attached hydrogens (tertiary/aromatic N) is 1. The summed E-state index contributed by atoms with van der Waals surface area (Å²) in [7, 11) is 0. The van der Waals surface area contributed by atoms with Crippen LogP contribution in [0.1, 0.15) is 22.6 Å². The fraction of sp³-hybridized carbons (Fsp3) is 0.600. The van der Waals surface area contributed by atoms with Crippen LogP contribution < -0.4 is 10.6 Å². The third kappa shape index (κ3) is 1.83. The number of halogens is 1. The van der Waals surface area contributed by atoms with E-state index in [1.165, 1.54) is 24.0 Å². The summed E-state index contributed by atoms with van der Waals surface area (Å²) in [5.41, 5.74) is 0. The van der Waals surface area contributed by atoms with Crippen LogP contribution in [0.3, 0.4) is 0 Å². The Morgan fingerprint density at radius 2 is 2.50 bits per heavy atom. The molecule has 3 atom stereocenters. The first-order chi connectivity index (χ1) is 7.72.